The predicted octanol–water partition coefficient (Wildman–Crippen LogP) is -1.55. The number of fused-ring (bicyclic) bond motifs is 1. The molecule has 5 nitrogen and oxygen atoms in total. The molecule has 1 aromatic carbocycles. The van der Waals surface area contributed by atoms with Gasteiger partial charge in [0.15, 0.2) is 23.4 Å². The largest absolute Gasteiger partial charge is 0.460 e. The number of ketones is 1. The Kier molecular flexibility index (Phi) is 3.36. The number of hydrogen-bond acceptors (Lipinski definition) is 5. The Bertz CT molecular complexity index is 478. The van der Waals surface area contributed by atoms with Gasteiger partial charge in [-0.15, -0.1) is 0 Å². The van der Waals surface area contributed by atoms with Crippen LogP contribution >= 0.6 is 0 Å². The minimum Gasteiger partial charge on any atom is -0.460 e. The minimum absolute atomic E-state index is 0.348. The van der Waals surface area contributed by atoms with Gasteiger partial charge in [-0.2, -0.15) is 0 Å². The van der Waals surface area contributed by atoms with E-state index < -0.39 is 11.5 Å². The molecule has 1 aromatic rings. The zero-order chi connectivity index (χ0) is 13.3. The van der Waals surface area contributed by atoms with Gasteiger partial charge in [0.05, 0.1) is 0 Å². The standard InChI is InChI=1S/C11H15B2NO4/c1-11(16,14-5-12)9(15)6-2-3-7-8(4-6)18-10(13)17-7/h2-4,10,14,16H,5,12-13H2,1H3/t10?,11-/m0/s1. The van der Waals surface area contributed by atoms with Crippen LogP contribution in [-0.4, -0.2) is 44.9 Å². The summed E-state index contributed by atoms with van der Waals surface area (Å²) in [5.74, 6) is 0.748. The first-order valence-corrected chi connectivity index (χ1v) is 5.93. The van der Waals surface area contributed by atoms with E-state index in [1.807, 2.05) is 7.85 Å². The molecule has 0 saturated carbocycles. The van der Waals surface area contributed by atoms with Crippen molar-refractivity contribution in [3.63, 3.8) is 0 Å². The number of Topliss-reactive ketones (excluding diaryl/α,β-unsaturated/α-hetero) is 1. The maximum absolute atomic E-state index is 12.1. The van der Waals surface area contributed by atoms with E-state index in [9.17, 15) is 9.90 Å². The molecule has 1 heterocycles. The maximum Gasteiger partial charge on any atom is 0.209 e. The zero-order valence-electron chi connectivity index (χ0n) is 10.7. The highest BCUT2D eigenvalue weighted by Crippen LogP contribution is 2.35. The van der Waals surface area contributed by atoms with Crippen LogP contribution in [0.5, 0.6) is 11.5 Å². The number of rotatable bonds is 4. The molecule has 0 fully saturated rings. The van der Waals surface area contributed by atoms with Crippen LogP contribution in [0.15, 0.2) is 18.2 Å². The Labute approximate surface area is 107 Å². The van der Waals surface area contributed by atoms with E-state index in [4.69, 9.17) is 9.47 Å². The van der Waals surface area contributed by atoms with Gasteiger partial charge in [0.1, 0.15) is 7.85 Å². The average molecular weight is 247 g/mol. The molecule has 0 aromatic heterocycles. The van der Waals surface area contributed by atoms with Crippen LogP contribution in [0.3, 0.4) is 0 Å². The van der Waals surface area contributed by atoms with Crippen molar-refractivity contribution in [1.82, 2.24) is 5.32 Å². The van der Waals surface area contributed by atoms with Gasteiger partial charge < -0.3 is 14.6 Å². The lowest BCUT2D eigenvalue weighted by molar-refractivity contribution is 0.0263. The van der Waals surface area contributed by atoms with Gasteiger partial charge in [0, 0.05) is 5.56 Å². The molecule has 7 heteroatoms. The van der Waals surface area contributed by atoms with E-state index in [0.29, 0.717) is 23.5 Å². The molecule has 0 spiro atoms. The molecule has 2 rings (SSSR count). The molecule has 2 N–H and O–H groups in total. The second-order valence-corrected chi connectivity index (χ2v) is 4.40. The number of hydrogen-bond donors (Lipinski definition) is 2. The predicted molar refractivity (Wildman–Crippen MR) is 71.5 cm³/mol. The van der Waals surface area contributed by atoms with Crippen LogP contribution in [0, 0.1) is 0 Å². The van der Waals surface area contributed by atoms with Gasteiger partial charge in [0.2, 0.25) is 13.6 Å². The molecule has 94 valence electrons. The minimum atomic E-state index is -1.58. The molecule has 0 aliphatic carbocycles. The average Bonchev–Trinajstić information content (AvgIpc) is 2.66. The fourth-order valence-electron chi connectivity index (χ4n) is 1.93. The first kappa shape index (κ1) is 13.0. The molecule has 0 amide bonds. The van der Waals surface area contributed by atoms with E-state index in [-0.39, 0.29) is 6.19 Å². The second-order valence-electron chi connectivity index (χ2n) is 4.40. The van der Waals surface area contributed by atoms with Gasteiger partial charge in [0.25, 0.3) is 0 Å². The van der Waals surface area contributed by atoms with Crippen LogP contribution in [0.4, 0.5) is 0 Å². The lowest BCUT2D eigenvalue weighted by Gasteiger charge is -2.22. The van der Waals surface area contributed by atoms with Crippen LogP contribution in [0.25, 0.3) is 0 Å². The third-order valence-electron chi connectivity index (χ3n) is 2.75. The van der Waals surface area contributed by atoms with Crippen molar-refractivity contribution in [2.45, 2.75) is 18.8 Å². The molecule has 0 bridgehead atoms. The van der Waals surface area contributed by atoms with Crippen LogP contribution < -0.4 is 14.8 Å². The monoisotopic (exact) mass is 247 g/mol. The van der Waals surface area contributed by atoms with Crippen LogP contribution in [0.1, 0.15) is 17.3 Å². The summed E-state index contributed by atoms with van der Waals surface area (Å²) in [6, 6.07) is 4.88. The highest BCUT2D eigenvalue weighted by molar-refractivity contribution is 6.11. The van der Waals surface area contributed by atoms with Gasteiger partial charge in [-0.1, -0.05) is 0 Å². The van der Waals surface area contributed by atoms with Crippen LogP contribution in [0.2, 0.25) is 0 Å². The van der Waals surface area contributed by atoms with Crippen molar-refractivity contribution in [3.8, 4) is 11.5 Å². The third kappa shape index (κ3) is 2.37. The number of ether oxygens (including phenoxy) is 2. The van der Waals surface area contributed by atoms with E-state index in [2.05, 4.69) is 5.32 Å². The van der Waals surface area contributed by atoms with Crippen molar-refractivity contribution in [2.24, 2.45) is 0 Å². The van der Waals surface area contributed by atoms with E-state index in [0.717, 1.165) is 0 Å². The lowest BCUT2D eigenvalue weighted by atomic mass is 10.00. The Morgan fingerprint density at radius 3 is 2.83 bits per heavy atom. The molecule has 1 aliphatic rings. The SMILES string of the molecule is BCN[C@@](C)(O)C(=O)c1ccc2c(c1)OC(B)O2. The summed E-state index contributed by atoms with van der Waals surface area (Å²) in [6.07, 6.45) is 0.153. The molecule has 1 aliphatic heterocycles. The maximum atomic E-state index is 12.1. The van der Waals surface area contributed by atoms with Gasteiger partial charge in [-0.05, 0) is 31.6 Å². The van der Waals surface area contributed by atoms with E-state index in [1.54, 1.807) is 26.0 Å². The summed E-state index contributed by atoms with van der Waals surface area (Å²) in [7, 11) is 3.60. The van der Waals surface area contributed by atoms with Gasteiger partial charge in [-0.3, -0.25) is 10.1 Å². The highest BCUT2D eigenvalue weighted by Gasteiger charge is 2.31. The molecule has 18 heavy (non-hydrogen) atoms. The fraction of sp³-hybridized carbons (Fsp3) is 0.364. The van der Waals surface area contributed by atoms with Crippen molar-refractivity contribution in [2.75, 3.05) is 6.44 Å². The Balaban J connectivity index is 2.25. The highest BCUT2D eigenvalue weighted by atomic mass is 16.7. The zero-order valence-corrected chi connectivity index (χ0v) is 10.7. The third-order valence-corrected chi connectivity index (χ3v) is 2.75. The number of carbonyl (C=O) groups is 1. The molecule has 2 atom stereocenters. The van der Waals surface area contributed by atoms with E-state index in [1.165, 1.54) is 6.92 Å². The summed E-state index contributed by atoms with van der Waals surface area (Å²) >= 11 is 0. The van der Waals surface area contributed by atoms with Crippen molar-refractivity contribution < 1.29 is 19.4 Å². The number of carbonyl (C=O) groups excluding carboxylic acids is 1. The summed E-state index contributed by atoms with van der Waals surface area (Å²) < 4.78 is 10.8. The van der Waals surface area contributed by atoms with E-state index >= 15 is 0 Å². The topological polar surface area (TPSA) is 67.8 Å². The smallest absolute Gasteiger partial charge is 0.209 e. The first-order valence-electron chi connectivity index (χ1n) is 5.93. The Morgan fingerprint density at radius 1 is 1.50 bits per heavy atom. The number of benzene rings is 1. The molecule has 1 unspecified atom stereocenters. The molecule has 0 saturated heterocycles. The molecular formula is C11H15B2NO4. The van der Waals surface area contributed by atoms with Gasteiger partial charge >= 0.3 is 0 Å². The molecular weight excluding hydrogens is 232 g/mol. The van der Waals surface area contributed by atoms with Gasteiger partial charge in [-0.25, -0.2) is 0 Å². The molecule has 0 radical (unpaired) electrons. The second kappa shape index (κ2) is 4.66. The van der Waals surface area contributed by atoms with Crippen molar-refractivity contribution in [1.29, 1.82) is 0 Å². The number of nitrogens with one attached hydrogen (secondary N) is 1. The number of aliphatic hydroxyl groups is 1. The summed E-state index contributed by atoms with van der Waals surface area (Å²) in [6.45, 7) is 1.44. The first-order chi connectivity index (χ1) is 8.44. The quantitative estimate of drug-likeness (QED) is 0.383. The van der Waals surface area contributed by atoms with Crippen molar-refractivity contribution in [3.05, 3.63) is 23.8 Å². The summed E-state index contributed by atoms with van der Waals surface area (Å²) in [5, 5.41) is 12.7. The lowest BCUT2D eigenvalue weighted by Crippen LogP contribution is -2.49. The normalized spacial score (nSPS) is 20.4. The summed E-state index contributed by atoms with van der Waals surface area (Å²) in [5.41, 5.74) is -1.19. The van der Waals surface area contributed by atoms with Crippen LogP contribution in [-0.2, 0) is 0 Å². The summed E-state index contributed by atoms with van der Waals surface area (Å²) in [4.78, 5) is 12.1. The fourth-order valence-corrected chi connectivity index (χ4v) is 1.93. The van der Waals surface area contributed by atoms with Crippen molar-refractivity contribution >= 4 is 21.5 Å². The Hall–Kier alpha value is -1.46. The Morgan fingerprint density at radius 2 is 2.17 bits per heavy atom.